The van der Waals surface area contributed by atoms with Crippen LogP contribution < -0.4 is 16.4 Å². The van der Waals surface area contributed by atoms with Gasteiger partial charge in [0, 0.05) is 17.4 Å². The van der Waals surface area contributed by atoms with Crippen LogP contribution in [0.3, 0.4) is 0 Å². The average Bonchev–Trinajstić information content (AvgIpc) is 3.03. The Morgan fingerprint density at radius 1 is 1.39 bits per heavy atom. The van der Waals surface area contributed by atoms with E-state index < -0.39 is 0 Å². The van der Waals surface area contributed by atoms with Crippen molar-refractivity contribution < 1.29 is 14.7 Å². The van der Waals surface area contributed by atoms with Gasteiger partial charge in [-0.25, -0.2) is 4.79 Å². The fourth-order valence-corrected chi connectivity index (χ4v) is 4.63. The molecule has 1 aromatic heterocycles. The number of ketones is 1. The number of hydrogen-bond acceptors (Lipinski definition) is 6. The Hall–Kier alpha value is -1.96. The number of thioether (sulfide) groups is 1. The third kappa shape index (κ3) is 3.52. The number of urea groups is 1. The number of rotatable bonds is 6. The molecule has 0 bridgehead atoms. The zero-order chi connectivity index (χ0) is 16.4. The maximum atomic E-state index is 12.1. The van der Waals surface area contributed by atoms with E-state index in [0.717, 1.165) is 25.0 Å². The minimum absolute atomic E-state index is 0.0770. The first-order valence-electron chi connectivity index (χ1n) is 7.72. The monoisotopic (exact) mass is 336 g/mol. The third-order valence-electron chi connectivity index (χ3n) is 4.28. The highest BCUT2D eigenvalue weighted by Crippen LogP contribution is 2.33. The Balaban J connectivity index is 1.43. The Morgan fingerprint density at radius 3 is 3.00 bits per heavy atom. The first-order chi connectivity index (χ1) is 11.0. The van der Waals surface area contributed by atoms with Gasteiger partial charge in [-0.15, -0.1) is 0 Å². The first kappa shape index (κ1) is 15.9. The minimum atomic E-state index is -0.302. The van der Waals surface area contributed by atoms with Gasteiger partial charge in [-0.1, -0.05) is 6.42 Å². The predicted molar refractivity (Wildman–Crippen MR) is 88.6 cm³/mol. The number of pyridine rings is 1. The second-order valence-electron chi connectivity index (χ2n) is 5.90. The molecule has 2 fully saturated rings. The van der Waals surface area contributed by atoms with Crippen molar-refractivity contribution in [1.29, 1.82) is 0 Å². The van der Waals surface area contributed by atoms with Gasteiger partial charge < -0.3 is 21.5 Å². The van der Waals surface area contributed by atoms with Crippen LogP contribution in [0.25, 0.3) is 0 Å². The molecule has 8 heteroatoms. The van der Waals surface area contributed by atoms with Crippen LogP contribution in [-0.4, -0.2) is 45.0 Å². The van der Waals surface area contributed by atoms with Crippen LogP contribution >= 0.6 is 11.8 Å². The average molecular weight is 336 g/mol. The summed E-state index contributed by atoms with van der Waals surface area (Å²) in [5.74, 6) is 0.712. The molecule has 3 rings (SSSR count). The summed E-state index contributed by atoms with van der Waals surface area (Å²) in [6.45, 7) is 0. The Bertz CT molecular complexity index is 625. The third-order valence-corrected chi connectivity index (χ3v) is 5.79. The highest BCUT2D eigenvalue weighted by molar-refractivity contribution is 8.00. The van der Waals surface area contributed by atoms with E-state index >= 15 is 0 Å². The summed E-state index contributed by atoms with van der Waals surface area (Å²) in [4.78, 5) is 27.1. The molecule has 2 aliphatic rings. The SMILES string of the molecule is Nc1ccc(C(=O)CCCC[C@@H]2SC[C@@H]3NC(=O)N[C@@H]32)c(O)n1. The van der Waals surface area contributed by atoms with Crippen LogP contribution in [0.5, 0.6) is 5.88 Å². The molecule has 0 unspecified atom stereocenters. The Kier molecular flexibility index (Phi) is 4.61. The minimum Gasteiger partial charge on any atom is -0.493 e. The molecule has 124 valence electrons. The summed E-state index contributed by atoms with van der Waals surface area (Å²) in [6, 6.07) is 3.38. The number of amides is 2. The van der Waals surface area contributed by atoms with E-state index in [4.69, 9.17) is 5.73 Å². The lowest BCUT2D eigenvalue weighted by Gasteiger charge is -2.16. The number of aromatic nitrogens is 1. The number of nitrogen functional groups attached to an aromatic ring is 1. The van der Waals surface area contributed by atoms with Crippen molar-refractivity contribution in [3.63, 3.8) is 0 Å². The number of nitrogens with two attached hydrogens (primary N) is 1. The zero-order valence-corrected chi connectivity index (χ0v) is 13.4. The van der Waals surface area contributed by atoms with Crippen LogP contribution in [-0.2, 0) is 0 Å². The van der Waals surface area contributed by atoms with E-state index in [9.17, 15) is 14.7 Å². The van der Waals surface area contributed by atoms with Crippen molar-refractivity contribution >= 4 is 29.4 Å². The molecule has 0 radical (unpaired) electrons. The zero-order valence-electron chi connectivity index (χ0n) is 12.6. The molecule has 3 atom stereocenters. The van der Waals surface area contributed by atoms with E-state index in [1.54, 1.807) is 0 Å². The quantitative estimate of drug-likeness (QED) is 0.353. The summed E-state index contributed by atoms with van der Waals surface area (Å²) < 4.78 is 0. The summed E-state index contributed by atoms with van der Waals surface area (Å²) in [5, 5.41) is 15.9. The lowest BCUT2D eigenvalue weighted by molar-refractivity contribution is 0.0976. The second kappa shape index (κ2) is 6.66. The molecular weight excluding hydrogens is 316 g/mol. The van der Waals surface area contributed by atoms with Crippen molar-refractivity contribution in [2.24, 2.45) is 0 Å². The number of unbranched alkanes of at least 4 members (excludes halogenated alkanes) is 1. The maximum Gasteiger partial charge on any atom is 0.315 e. The van der Waals surface area contributed by atoms with E-state index in [1.165, 1.54) is 12.1 Å². The van der Waals surface area contributed by atoms with E-state index in [0.29, 0.717) is 11.7 Å². The highest BCUT2D eigenvalue weighted by Gasteiger charge is 2.42. The number of nitrogens with one attached hydrogen (secondary N) is 2. The van der Waals surface area contributed by atoms with Crippen LogP contribution in [0.15, 0.2) is 12.1 Å². The first-order valence-corrected chi connectivity index (χ1v) is 8.77. The van der Waals surface area contributed by atoms with Crippen LogP contribution in [0.4, 0.5) is 10.6 Å². The van der Waals surface area contributed by atoms with Gasteiger partial charge in [0.15, 0.2) is 5.78 Å². The fourth-order valence-electron chi connectivity index (χ4n) is 3.09. The smallest absolute Gasteiger partial charge is 0.315 e. The van der Waals surface area contributed by atoms with Gasteiger partial charge in [0.1, 0.15) is 5.82 Å². The molecule has 0 saturated carbocycles. The Morgan fingerprint density at radius 2 is 2.22 bits per heavy atom. The van der Waals surface area contributed by atoms with E-state index in [-0.39, 0.29) is 41.2 Å². The van der Waals surface area contributed by atoms with Gasteiger partial charge in [-0.2, -0.15) is 16.7 Å². The molecule has 5 N–H and O–H groups in total. The standard InChI is InChI=1S/C15H20N4O3S/c16-12-6-5-8(14(21)18-12)10(20)3-1-2-4-11-13-9(7-23-11)17-15(22)19-13/h5-6,9,11,13H,1-4,7H2,(H3,16,18,21)(H2,17,19,22)/t9-,11-,13-/m0/s1. The number of carbonyl (C=O) groups excluding carboxylic acids is 2. The van der Waals surface area contributed by atoms with Gasteiger partial charge in [0.2, 0.25) is 5.88 Å². The van der Waals surface area contributed by atoms with Crippen molar-refractivity contribution in [3.05, 3.63) is 17.7 Å². The van der Waals surface area contributed by atoms with Gasteiger partial charge in [0.05, 0.1) is 17.6 Å². The highest BCUT2D eigenvalue weighted by atomic mass is 32.2. The van der Waals surface area contributed by atoms with Crippen LogP contribution in [0.1, 0.15) is 36.0 Å². The van der Waals surface area contributed by atoms with Crippen molar-refractivity contribution in [2.45, 2.75) is 43.0 Å². The molecular formula is C15H20N4O3S. The maximum absolute atomic E-state index is 12.1. The summed E-state index contributed by atoms with van der Waals surface area (Å²) in [5.41, 5.74) is 5.68. The number of anilines is 1. The van der Waals surface area contributed by atoms with Gasteiger partial charge in [-0.3, -0.25) is 4.79 Å². The largest absolute Gasteiger partial charge is 0.493 e. The predicted octanol–water partition coefficient (Wildman–Crippen LogP) is 1.28. The number of nitrogens with zero attached hydrogens (tertiary/aromatic N) is 1. The van der Waals surface area contributed by atoms with E-state index in [2.05, 4.69) is 15.6 Å². The summed E-state index contributed by atoms with van der Waals surface area (Å²) >= 11 is 1.87. The number of carbonyl (C=O) groups is 2. The summed E-state index contributed by atoms with van der Waals surface area (Å²) in [7, 11) is 0. The Labute approximate surface area is 138 Å². The molecule has 1 aromatic rings. The van der Waals surface area contributed by atoms with Crippen LogP contribution in [0, 0.1) is 0 Å². The fraction of sp³-hybridized carbons (Fsp3) is 0.533. The molecule has 0 aromatic carbocycles. The lowest BCUT2D eigenvalue weighted by Crippen LogP contribution is -2.36. The van der Waals surface area contributed by atoms with Gasteiger partial charge >= 0.3 is 6.03 Å². The second-order valence-corrected chi connectivity index (χ2v) is 7.17. The molecule has 0 aliphatic carbocycles. The molecule has 2 saturated heterocycles. The molecule has 2 aliphatic heterocycles. The normalized spacial score (nSPS) is 25.7. The van der Waals surface area contributed by atoms with Gasteiger partial charge in [-0.05, 0) is 25.0 Å². The van der Waals surface area contributed by atoms with Crippen LogP contribution in [0.2, 0.25) is 0 Å². The molecule has 0 spiro atoms. The number of Topliss-reactive ketones (excluding diaryl/α,β-unsaturated/α-hetero) is 1. The molecule has 3 heterocycles. The van der Waals surface area contributed by atoms with Crippen molar-refractivity contribution in [1.82, 2.24) is 15.6 Å². The van der Waals surface area contributed by atoms with E-state index in [1.807, 2.05) is 11.8 Å². The molecule has 7 nitrogen and oxygen atoms in total. The molecule has 23 heavy (non-hydrogen) atoms. The molecule has 2 amide bonds. The van der Waals surface area contributed by atoms with Crippen molar-refractivity contribution in [3.8, 4) is 5.88 Å². The topological polar surface area (TPSA) is 117 Å². The van der Waals surface area contributed by atoms with Crippen molar-refractivity contribution in [2.75, 3.05) is 11.5 Å². The number of hydrogen-bond donors (Lipinski definition) is 4. The van der Waals surface area contributed by atoms with Gasteiger partial charge in [0.25, 0.3) is 0 Å². The summed E-state index contributed by atoms with van der Waals surface area (Å²) in [6.07, 6.45) is 2.99. The number of fused-ring (bicyclic) bond motifs is 1. The number of aromatic hydroxyl groups is 1. The lowest BCUT2D eigenvalue weighted by atomic mass is 10.0.